The van der Waals surface area contributed by atoms with Gasteiger partial charge in [-0.05, 0) is 65.9 Å². The van der Waals surface area contributed by atoms with E-state index in [4.69, 9.17) is 5.14 Å². The Balaban J connectivity index is 1.42. The van der Waals surface area contributed by atoms with Gasteiger partial charge in [0.15, 0.2) is 5.78 Å². The van der Waals surface area contributed by atoms with Crippen molar-refractivity contribution < 1.29 is 18.0 Å². The zero-order valence-corrected chi connectivity index (χ0v) is 21.1. The van der Waals surface area contributed by atoms with E-state index in [0.717, 1.165) is 6.42 Å². The number of aromatic nitrogens is 1. The number of ketones is 1. The Morgan fingerprint density at radius 1 is 1.06 bits per heavy atom. The Bertz CT molecular complexity index is 1370. The number of rotatable bonds is 7. The van der Waals surface area contributed by atoms with Crippen LogP contribution in [0.15, 0.2) is 65.7 Å². The van der Waals surface area contributed by atoms with E-state index >= 15 is 0 Å². The number of hydrogen-bond donors (Lipinski definition) is 1. The number of carbonyl (C=O) groups excluding carboxylic acids is 2. The summed E-state index contributed by atoms with van der Waals surface area (Å²) in [6, 6.07) is 16.2. The second-order valence-electron chi connectivity index (χ2n) is 9.83. The zero-order valence-electron chi connectivity index (χ0n) is 20.3. The summed E-state index contributed by atoms with van der Waals surface area (Å²) >= 11 is 0. The number of benzene rings is 2. The fourth-order valence-electron chi connectivity index (χ4n) is 4.80. The summed E-state index contributed by atoms with van der Waals surface area (Å²) < 4.78 is 24.8. The van der Waals surface area contributed by atoms with Crippen LogP contribution in [0.2, 0.25) is 0 Å². The first kappa shape index (κ1) is 24.9. The van der Waals surface area contributed by atoms with E-state index in [9.17, 15) is 18.0 Å². The summed E-state index contributed by atoms with van der Waals surface area (Å²) in [5, 5.41) is 5.17. The first-order valence-corrected chi connectivity index (χ1v) is 13.2. The third-order valence-corrected chi connectivity index (χ3v) is 7.57. The third kappa shape index (κ3) is 5.39. The molecule has 0 unspecified atom stereocenters. The zero-order chi connectivity index (χ0) is 25.4. The molecule has 35 heavy (non-hydrogen) atoms. The van der Waals surface area contributed by atoms with E-state index in [1.807, 2.05) is 4.90 Å². The summed E-state index contributed by atoms with van der Waals surface area (Å²) in [4.78, 5) is 26.8. The molecule has 0 spiro atoms. The average Bonchev–Trinajstić information content (AvgIpc) is 3.28. The highest BCUT2D eigenvalue weighted by Crippen LogP contribution is 2.34. The molecular formula is C27H31N3O4S. The number of fused-ring (bicyclic) bond motifs is 1. The van der Waals surface area contributed by atoms with Gasteiger partial charge in [0.1, 0.15) is 0 Å². The van der Waals surface area contributed by atoms with Gasteiger partial charge in [-0.15, -0.1) is 0 Å². The van der Waals surface area contributed by atoms with Gasteiger partial charge in [-0.25, -0.2) is 13.6 Å². The number of hydrogen-bond acceptors (Lipinski definition) is 4. The number of amides is 1. The lowest BCUT2D eigenvalue weighted by atomic mass is 9.77. The Labute approximate surface area is 206 Å². The molecule has 184 valence electrons. The minimum absolute atomic E-state index is 0.0286. The van der Waals surface area contributed by atoms with Gasteiger partial charge >= 0.3 is 0 Å². The largest absolute Gasteiger partial charge is 0.338 e. The summed E-state index contributed by atoms with van der Waals surface area (Å²) in [6.07, 6.45) is 3.69. The highest BCUT2D eigenvalue weighted by molar-refractivity contribution is 7.89. The maximum absolute atomic E-state index is 13.0. The van der Waals surface area contributed by atoms with Crippen molar-refractivity contribution in [1.29, 1.82) is 0 Å². The molecule has 0 radical (unpaired) electrons. The molecule has 3 aromatic rings. The van der Waals surface area contributed by atoms with Crippen LogP contribution in [0.1, 0.15) is 60.8 Å². The van der Waals surface area contributed by atoms with Gasteiger partial charge in [-0.1, -0.05) is 32.0 Å². The molecule has 0 saturated carbocycles. The van der Waals surface area contributed by atoms with Crippen LogP contribution in [0.5, 0.6) is 0 Å². The van der Waals surface area contributed by atoms with Crippen molar-refractivity contribution in [2.24, 2.45) is 5.14 Å². The lowest BCUT2D eigenvalue weighted by Gasteiger charge is -2.40. The second kappa shape index (κ2) is 9.43. The van der Waals surface area contributed by atoms with Gasteiger partial charge in [0.25, 0.3) is 0 Å². The Kier molecular flexibility index (Phi) is 6.71. The molecular weight excluding hydrogens is 462 g/mol. The van der Waals surface area contributed by atoms with Gasteiger partial charge in [-0.2, -0.15) is 0 Å². The molecule has 1 aliphatic rings. The van der Waals surface area contributed by atoms with E-state index in [0.29, 0.717) is 37.3 Å². The van der Waals surface area contributed by atoms with Crippen molar-refractivity contribution in [3.8, 4) is 5.69 Å². The lowest BCUT2D eigenvalue weighted by Crippen LogP contribution is -2.44. The Hall–Kier alpha value is -3.23. The summed E-state index contributed by atoms with van der Waals surface area (Å²) in [6.45, 7) is 7.28. The molecule has 1 aromatic heterocycles. The molecule has 2 heterocycles. The monoisotopic (exact) mass is 493 g/mol. The molecule has 1 aliphatic heterocycles. The number of nitrogens with zero attached hydrogens (tertiary/aromatic N) is 2. The quantitative estimate of drug-likeness (QED) is 0.503. The summed E-state index contributed by atoms with van der Waals surface area (Å²) in [7, 11) is -3.77. The number of carbonyl (C=O) groups is 2. The van der Waals surface area contributed by atoms with Crippen LogP contribution in [0.25, 0.3) is 5.69 Å². The second-order valence-corrected chi connectivity index (χ2v) is 11.4. The fourth-order valence-corrected chi connectivity index (χ4v) is 5.32. The minimum Gasteiger partial charge on any atom is -0.338 e. The Morgan fingerprint density at radius 3 is 2.43 bits per heavy atom. The number of sulfonamides is 1. The number of aryl methyl sites for hydroxylation is 1. The minimum atomic E-state index is -3.77. The predicted octanol–water partition coefficient (Wildman–Crippen LogP) is 3.97. The summed E-state index contributed by atoms with van der Waals surface area (Å²) in [5.41, 5.74) is 4.78. The predicted molar refractivity (Wildman–Crippen MR) is 135 cm³/mol. The standard InChI is InChI=1S/C27H31N3O4S/c1-19(31)29-17-21-10-9-20(16-24(21)27(2,3)18-29)6-4-8-26(32)25-7-5-15-30(25)22-11-13-23(14-12-22)35(28,33)34/h5,7,9-16H,4,6,8,17-18H2,1-3H3,(H2,28,33,34). The van der Waals surface area contributed by atoms with Gasteiger partial charge in [-0.3, -0.25) is 9.59 Å². The summed E-state index contributed by atoms with van der Waals surface area (Å²) in [5.74, 6) is 0.123. The maximum Gasteiger partial charge on any atom is 0.238 e. The number of primary sulfonamides is 1. The van der Waals surface area contributed by atoms with E-state index in [-0.39, 0.29) is 22.0 Å². The van der Waals surface area contributed by atoms with E-state index in [1.54, 1.807) is 42.0 Å². The molecule has 0 atom stereocenters. The van der Waals surface area contributed by atoms with Gasteiger partial charge in [0, 0.05) is 43.7 Å². The van der Waals surface area contributed by atoms with Crippen LogP contribution in [0.3, 0.4) is 0 Å². The van der Waals surface area contributed by atoms with Crippen LogP contribution >= 0.6 is 0 Å². The molecule has 2 aromatic carbocycles. The highest BCUT2D eigenvalue weighted by Gasteiger charge is 2.32. The van der Waals surface area contributed by atoms with Crippen molar-refractivity contribution in [3.05, 3.63) is 83.2 Å². The van der Waals surface area contributed by atoms with Crippen molar-refractivity contribution in [1.82, 2.24) is 9.47 Å². The molecule has 8 heteroatoms. The first-order valence-electron chi connectivity index (χ1n) is 11.7. The van der Waals surface area contributed by atoms with Crippen LogP contribution in [0.4, 0.5) is 0 Å². The SMILES string of the molecule is CC(=O)N1Cc2ccc(CCCC(=O)c3cccn3-c3ccc(S(N)(=O)=O)cc3)cc2C(C)(C)C1. The lowest BCUT2D eigenvalue weighted by molar-refractivity contribution is -0.130. The van der Waals surface area contributed by atoms with Crippen LogP contribution in [0, 0.1) is 0 Å². The van der Waals surface area contributed by atoms with E-state index < -0.39 is 10.0 Å². The third-order valence-electron chi connectivity index (χ3n) is 6.64. The smallest absolute Gasteiger partial charge is 0.238 e. The first-order chi connectivity index (χ1) is 16.5. The van der Waals surface area contributed by atoms with Crippen molar-refractivity contribution in [3.63, 3.8) is 0 Å². The molecule has 2 N–H and O–H groups in total. The molecule has 1 amide bonds. The van der Waals surface area contributed by atoms with Crippen molar-refractivity contribution in [2.45, 2.75) is 56.9 Å². The van der Waals surface area contributed by atoms with Crippen LogP contribution in [-0.4, -0.2) is 36.1 Å². The van der Waals surface area contributed by atoms with Crippen LogP contribution in [-0.2, 0) is 33.2 Å². The van der Waals surface area contributed by atoms with Gasteiger partial charge in [0.05, 0.1) is 10.6 Å². The Morgan fingerprint density at radius 2 is 1.77 bits per heavy atom. The number of Topliss-reactive ketones (excluding diaryl/α,β-unsaturated/α-hetero) is 1. The topological polar surface area (TPSA) is 102 Å². The molecule has 0 bridgehead atoms. The number of nitrogens with two attached hydrogens (primary N) is 1. The molecule has 0 fully saturated rings. The molecule has 4 rings (SSSR count). The van der Waals surface area contributed by atoms with E-state index in [2.05, 4.69) is 32.0 Å². The normalized spacial score (nSPS) is 15.0. The fraction of sp³-hybridized carbons (Fsp3) is 0.333. The van der Waals surface area contributed by atoms with E-state index in [1.165, 1.54) is 28.8 Å². The van der Waals surface area contributed by atoms with Crippen molar-refractivity contribution in [2.75, 3.05) is 6.54 Å². The molecule has 7 nitrogen and oxygen atoms in total. The average molecular weight is 494 g/mol. The molecule has 0 aliphatic carbocycles. The van der Waals surface area contributed by atoms with Crippen molar-refractivity contribution >= 4 is 21.7 Å². The maximum atomic E-state index is 13.0. The molecule has 0 saturated heterocycles. The van der Waals surface area contributed by atoms with Crippen LogP contribution < -0.4 is 5.14 Å². The highest BCUT2D eigenvalue weighted by atomic mass is 32.2. The van der Waals surface area contributed by atoms with Gasteiger partial charge in [0.2, 0.25) is 15.9 Å². The van der Waals surface area contributed by atoms with Gasteiger partial charge < -0.3 is 9.47 Å².